The molecule has 0 unspecified atom stereocenters. The molecule has 7 heteroatoms. The van der Waals surface area contributed by atoms with Gasteiger partial charge in [-0.1, -0.05) is 29.8 Å². The topological polar surface area (TPSA) is 75.7 Å². The molecule has 2 aromatic rings. The lowest BCUT2D eigenvalue weighted by Gasteiger charge is -2.22. The number of methoxy groups -OCH3 is 1. The molecular weight excluding hydrogens is 352 g/mol. The maximum Gasteiger partial charge on any atom is 0.232 e. The van der Waals surface area contributed by atoms with Crippen LogP contribution in [0.3, 0.4) is 0 Å². The minimum atomic E-state index is -3.42. The molecule has 0 heterocycles. The van der Waals surface area contributed by atoms with E-state index in [1.54, 1.807) is 30.3 Å². The van der Waals surface area contributed by atoms with E-state index in [1.807, 2.05) is 25.1 Å². The number of benzene rings is 2. The molecule has 2 aromatic carbocycles. The number of para-hydroxylation sites is 2. The molecule has 0 aliphatic rings. The van der Waals surface area contributed by atoms with Crippen molar-refractivity contribution in [3.8, 4) is 5.75 Å². The Morgan fingerprint density at radius 1 is 1.12 bits per heavy atom. The molecule has 0 aliphatic carbocycles. The van der Waals surface area contributed by atoms with Crippen LogP contribution < -0.4 is 14.4 Å². The molecule has 0 saturated carbocycles. The van der Waals surface area contributed by atoms with E-state index in [9.17, 15) is 13.2 Å². The summed E-state index contributed by atoms with van der Waals surface area (Å²) in [4.78, 5) is 12.2. The molecule has 0 saturated heterocycles. The summed E-state index contributed by atoms with van der Waals surface area (Å²) >= 11 is 0. The second-order valence-corrected chi connectivity index (χ2v) is 7.93. The van der Waals surface area contributed by atoms with Crippen LogP contribution >= 0.6 is 0 Å². The number of ether oxygens (including phenoxy) is 1. The fraction of sp³-hybridized carbons (Fsp3) is 0.316. The van der Waals surface area contributed by atoms with Crippen LogP contribution in [0.2, 0.25) is 0 Å². The van der Waals surface area contributed by atoms with Crippen molar-refractivity contribution in [2.24, 2.45) is 0 Å². The Hall–Kier alpha value is -2.54. The largest absolute Gasteiger partial charge is 0.495 e. The van der Waals surface area contributed by atoms with E-state index >= 15 is 0 Å². The van der Waals surface area contributed by atoms with Crippen LogP contribution in [0.4, 0.5) is 11.4 Å². The van der Waals surface area contributed by atoms with Crippen molar-refractivity contribution in [3.63, 3.8) is 0 Å². The van der Waals surface area contributed by atoms with Crippen molar-refractivity contribution in [3.05, 3.63) is 54.1 Å². The summed E-state index contributed by atoms with van der Waals surface area (Å²) in [5.41, 5.74) is 2.25. The minimum absolute atomic E-state index is 0.188. The average molecular weight is 376 g/mol. The Balaban J connectivity index is 1.97. The summed E-state index contributed by atoms with van der Waals surface area (Å²) in [5, 5.41) is 2.79. The Kier molecular flexibility index (Phi) is 6.63. The van der Waals surface area contributed by atoms with Crippen molar-refractivity contribution in [1.29, 1.82) is 0 Å². The third kappa shape index (κ3) is 5.49. The van der Waals surface area contributed by atoms with E-state index in [0.717, 1.165) is 5.56 Å². The van der Waals surface area contributed by atoms with Crippen LogP contribution in [0.25, 0.3) is 0 Å². The van der Waals surface area contributed by atoms with E-state index in [1.165, 1.54) is 17.7 Å². The maximum atomic E-state index is 12.2. The van der Waals surface area contributed by atoms with E-state index < -0.39 is 10.0 Å². The highest BCUT2D eigenvalue weighted by Gasteiger charge is 2.17. The van der Waals surface area contributed by atoms with Gasteiger partial charge in [0.1, 0.15) is 5.75 Å². The smallest absolute Gasteiger partial charge is 0.232 e. The van der Waals surface area contributed by atoms with Crippen LogP contribution in [-0.4, -0.2) is 34.2 Å². The van der Waals surface area contributed by atoms with Crippen LogP contribution in [-0.2, 0) is 14.8 Å². The van der Waals surface area contributed by atoms with Crippen LogP contribution in [0.15, 0.2) is 48.5 Å². The number of nitrogens with zero attached hydrogens (tertiary/aromatic N) is 1. The monoisotopic (exact) mass is 376 g/mol. The molecule has 0 radical (unpaired) electrons. The Bertz CT molecular complexity index is 848. The fourth-order valence-electron chi connectivity index (χ4n) is 2.54. The molecule has 0 fully saturated rings. The SMILES string of the molecule is COc1ccccc1NC(=O)CCCN(c1ccc(C)cc1)S(C)(=O)=O. The standard InChI is InChI=1S/C19H24N2O4S/c1-15-10-12-16(13-11-15)21(26(3,23)24)14-6-9-19(22)20-17-7-4-5-8-18(17)25-2/h4-5,7-8,10-13H,6,9,14H2,1-3H3,(H,20,22). The maximum absolute atomic E-state index is 12.2. The third-order valence-corrected chi connectivity index (χ3v) is 5.06. The zero-order valence-electron chi connectivity index (χ0n) is 15.2. The first-order valence-electron chi connectivity index (χ1n) is 8.28. The minimum Gasteiger partial charge on any atom is -0.495 e. The molecule has 0 bridgehead atoms. The van der Waals surface area contributed by atoms with Gasteiger partial charge in [0.2, 0.25) is 15.9 Å². The number of carbonyl (C=O) groups is 1. The summed E-state index contributed by atoms with van der Waals surface area (Å²) in [6.45, 7) is 2.18. The van der Waals surface area contributed by atoms with Gasteiger partial charge in [0, 0.05) is 13.0 Å². The molecule has 0 aromatic heterocycles. The molecule has 26 heavy (non-hydrogen) atoms. The molecule has 0 aliphatic heterocycles. The zero-order chi connectivity index (χ0) is 19.2. The molecular formula is C19H24N2O4S. The second kappa shape index (κ2) is 8.71. The quantitative estimate of drug-likeness (QED) is 0.768. The first kappa shape index (κ1) is 19.8. The normalized spacial score (nSPS) is 11.0. The lowest BCUT2D eigenvalue weighted by molar-refractivity contribution is -0.116. The van der Waals surface area contributed by atoms with E-state index in [0.29, 0.717) is 23.5 Å². The Labute approximate surface area is 154 Å². The number of hydrogen-bond donors (Lipinski definition) is 1. The summed E-state index contributed by atoms with van der Waals surface area (Å²) in [6, 6.07) is 14.4. The number of sulfonamides is 1. The van der Waals surface area contributed by atoms with Crippen LogP contribution in [0, 0.1) is 6.92 Å². The Morgan fingerprint density at radius 2 is 1.77 bits per heavy atom. The number of aryl methyl sites for hydroxylation is 1. The van der Waals surface area contributed by atoms with Crippen molar-refractivity contribution < 1.29 is 17.9 Å². The van der Waals surface area contributed by atoms with Crippen molar-refractivity contribution in [2.45, 2.75) is 19.8 Å². The predicted octanol–water partition coefficient (Wildman–Crippen LogP) is 3.19. The highest BCUT2D eigenvalue weighted by Crippen LogP contribution is 2.23. The molecule has 0 spiro atoms. The predicted molar refractivity (Wildman–Crippen MR) is 104 cm³/mol. The van der Waals surface area contributed by atoms with Crippen molar-refractivity contribution >= 4 is 27.3 Å². The lowest BCUT2D eigenvalue weighted by Crippen LogP contribution is -2.31. The molecule has 0 atom stereocenters. The van der Waals surface area contributed by atoms with Gasteiger partial charge < -0.3 is 10.1 Å². The molecule has 2 rings (SSSR count). The van der Waals surface area contributed by atoms with Crippen LogP contribution in [0.1, 0.15) is 18.4 Å². The first-order chi connectivity index (χ1) is 12.3. The summed E-state index contributed by atoms with van der Waals surface area (Å²) in [6.07, 6.45) is 1.78. The van der Waals surface area contributed by atoms with Gasteiger partial charge in [-0.2, -0.15) is 0 Å². The average Bonchev–Trinajstić information content (AvgIpc) is 2.59. The number of hydrogen-bond acceptors (Lipinski definition) is 4. The summed E-state index contributed by atoms with van der Waals surface area (Å²) in [7, 11) is -1.88. The molecule has 1 amide bonds. The van der Waals surface area contributed by atoms with E-state index in [-0.39, 0.29) is 18.9 Å². The van der Waals surface area contributed by atoms with Crippen molar-refractivity contribution in [1.82, 2.24) is 0 Å². The first-order valence-corrected chi connectivity index (χ1v) is 10.1. The van der Waals surface area contributed by atoms with Gasteiger partial charge in [-0.3, -0.25) is 9.10 Å². The number of carbonyl (C=O) groups excluding carboxylic acids is 1. The number of anilines is 2. The van der Waals surface area contributed by atoms with Crippen LogP contribution in [0.5, 0.6) is 5.75 Å². The number of amides is 1. The molecule has 1 N–H and O–H groups in total. The third-order valence-electron chi connectivity index (χ3n) is 3.87. The van der Waals surface area contributed by atoms with Gasteiger partial charge >= 0.3 is 0 Å². The highest BCUT2D eigenvalue weighted by atomic mass is 32.2. The number of nitrogens with one attached hydrogen (secondary N) is 1. The molecule has 6 nitrogen and oxygen atoms in total. The summed E-state index contributed by atoms with van der Waals surface area (Å²) < 4.78 is 30.7. The highest BCUT2D eigenvalue weighted by molar-refractivity contribution is 7.92. The van der Waals surface area contributed by atoms with Gasteiger partial charge in [0.05, 0.1) is 24.7 Å². The van der Waals surface area contributed by atoms with Gasteiger partial charge in [0.15, 0.2) is 0 Å². The number of rotatable bonds is 8. The lowest BCUT2D eigenvalue weighted by atomic mass is 10.2. The fourth-order valence-corrected chi connectivity index (χ4v) is 3.51. The van der Waals surface area contributed by atoms with E-state index in [4.69, 9.17) is 4.74 Å². The van der Waals surface area contributed by atoms with Crippen molar-refractivity contribution in [2.75, 3.05) is 29.5 Å². The Morgan fingerprint density at radius 3 is 2.38 bits per heavy atom. The van der Waals surface area contributed by atoms with Gasteiger partial charge in [0.25, 0.3) is 0 Å². The summed E-state index contributed by atoms with van der Waals surface area (Å²) in [5.74, 6) is 0.394. The second-order valence-electron chi connectivity index (χ2n) is 6.02. The van der Waals surface area contributed by atoms with Gasteiger partial charge in [-0.15, -0.1) is 0 Å². The molecule has 140 valence electrons. The zero-order valence-corrected chi connectivity index (χ0v) is 16.0. The van der Waals surface area contributed by atoms with Gasteiger partial charge in [-0.05, 0) is 37.6 Å². The van der Waals surface area contributed by atoms with E-state index in [2.05, 4.69) is 5.32 Å². The van der Waals surface area contributed by atoms with Gasteiger partial charge in [-0.25, -0.2) is 8.42 Å².